The molecule has 94 valence electrons. The molecule has 0 atom stereocenters. The first-order valence-electron chi connectivity index (χ1n) is 6.56. The lowest BCUT2D eigenvalue weighted by Gasteiger charge is -2.24. The van der Waals surface area contributed by atoms with Crippen molar-refractivity contribution in [2.75, 3.05) is 31.1 Å². The average Bonchev–Trinajstić information content (AvgIpc) is 2.57. The summed E-state index contributed by atoms with van der Waals surface area (Å²) in [5.41, 5.74) is 2.77. The fraction of sp³-hybridized carbons (Fsp3) is 0.571. The predicted molar refractivity (Wildman–Crippen MR) is 71.3 cm³/mol. The highest BCUT2D eigenvalue weighted by Gasteiger charge is 2.13. The molecule has 1 aliphatic heterocycles. The molecule has 1 heterocycles. The van der Waals surface area contributed by atoms with E-state index in [-0.39, 0.29) is 0 Å². The van der Waals surface area contributed by atoms with Crippen LogP contribution in [0.25, 0.3) is 0 Å². The van der Waals surface area contributed by atoms with Gasteiger partial charge in [0.2, 0.25) is 0 Å². The maximum Gasteiger partial charge on any atom is 0.0431 e. The maximum atomic E-state index is 8.78. The van der Waals surface area contributed by atoms with Crippen molar-refractivity contribution in [2.24, 2.45) is 0 Å². The van der Waals surface area contributed by atoms with Crippen LogP contribution in [-0.2, 0) is 6.54 Å². The number of para-hydroxylation sites is 1. The van der Waals surface area contributed by atoms with Gasteiger partial charge in [0.05, 0.1) is 0 Å². The summed E-state index contributed by atoms with van der Waals surface area (Å²) in [7, 11) is 0. The van der Waals surface area contributed by atoms with Gasteiger partial charge in [-0.15, -0.1) is 0 Å². The largest absolute Gasteiger partial charge is 0.396 e. The number of aliphatic hydroxyl groups is 1. The molecule has 17 heavy (non-hydrogen) atoms. The summed E-state index contributed by atoms with van der Waals surface area (Å²) in [4.78, 5) is 2.46. The first-order valence-corrected chi connectivity index (χ1v) is 6.56. The van der Waals surface area contributed by atoms with E-state index in [9.17, 15) is 0 Å². The summed E-state index contributed by atoms with van der Waals surface area (Å²) in [6, 6.07) is 8.64. The molecule has 0 radical (unpaired) electrons. The number of rotatable bonds is 5. The summed E-state index contributed by atoms with van der Waals surface area (Å²) >= 11 is 0. The monoisotopic (exact) mass is 234 g/mol. The van der Waals surface area contributed by atoms with Crippen molar-refractivity contribution in [3.63, 3.8) is 0 Å². The molecule has 1 aliphatic rings. The first-order chi connectivity index (χ1) is 8.42. The minimum absolute atomic E-state index is 0.318. The zero-order valence-corrected chi connectivity index (χ0v) is 10.4. The summed E-state index contributed by atoms with van der Waals surface area (Å²) in [5.74, 6) is 0. The van der Waals surface area contributed by atoms with Gasteiger partial charge < -0.3 is 15.3 Å². The molecule has 0 aromatic heterocycles. The number of fused-ring (bicyclic) bond motifs is 1. The first kappa shape index (κ1) is 12.4. The van der Waals surface area contributed by atoms with Crippen molar-refractivity contribution in [2.45, 2.75) is 25.8 Å². The second-order valence-electron chi connectivity index (χ2n) is 4.58. The fourth-order valence-corrected chi connectivity index (χ4v) is 2.35. The van der Waals surface area contributed by atoms with Gasteiger partial charge in [-0.25, -0.2) is 0 Å². The van der Waals surface area contributed by atoms with Crippen molar-refractivity contribution in [3.8, 4) is 0 Å². The van der Waals surface area contributed by atoms with Crippen molar-refractivity contribution in [1.29, 1.82) is 0 Å². The van der Waals surface area contributed by atoms with Gasteiger partial charge in [0.1, 0.15) is 0 Å². The molecule has 2 N–H and O–H groups in total. The van der Waals surface area contributed by atoms with Crippen molar-refractivity contribution in [1.82, 2.24) is 5.32 Å². The molecule has 1 aromatic rings. The molecule has 3 nitrogen and oxygen atoms in total. The minimum atomic E-state index is 0.318. The maximum absolute atomic E-state index is 8.78. The van der Waals surface area contributed by atoms with E-state index in [1.807, 2.05) is 0 Å². The average molecular weight is 234 g/mol. The van der Waals surface area contributed by atoms with Gasteiger partial charge in [0.25, 0.3) is 0 Å². The van der Waals surface area contributed by atoms with E-state index in [4.69, 9.17) is 5.11 Å². The molecule has 0 saturated heterocycles. The van der Waals surface area contributed by atoms with Gasteiger partial charge in [-0.1, -0.05) is 18.2 Å². The Balaban J connectivity index is 1.97. The number of aliphatic hydroxyl groups excluding tert-OH is 1. The zero-order valence-electron chi connectivity index (χ0n) is 10.4. The second-order valence-corrected chi connectivity index (χ2v) is 4.58. The quantitative estimate of drug-likeness (QED) is 0.762. The normalized spacial score (nSPS) is 15.5. The summed E-state index contributed by atoms with van der Waals surface area (Å²) in [6.07, 6.45) is 3.20. The van der Waals surface area contributed by atoms with Gasteiger partial charge in [-0.3, -0.25) is 0 Å². The lowest BCUT2D eigenvalue weighted by molar-refractivity contribution is 0.283. The molecule has 0 fully saturated rings. The van der Waals surface area contributed by atoms with Gasteiger partial charge in [0, 0.05) is 38.5 Å². The number of anilines is 1. The fourth-order valence-electron chi connectivity index (χ4n) is 2.35. The van der Waals surface area contributed by atoms with Crippen LogP contribution in [0.2, 0.25) is 0 Å². The highest BCUT2D eigenvalue weighted by atomic mass is 16.2. The number of unbranched alkanes of at least 4 members (excludes halogenated alkanes) is 2. The molecule has 0 saturated carbocycles. The Kier molecular flexibility index (Phi) is 4.83. The Labute approximate surface area is 103 Å². The van der Waals surface area contributed by atoms with Crippen LogP contribution >= 0.6 is 0 Å². The summed E-state index contributed by atoms with van der Waals surface area (Å²) < 4.78 is 0. The smallest absolute Gasteiger partial charge is 0.0431 e. The van der Waals surface area contributed by atoms with Crippen molar-refractivity contribution in [3.05, 3.63) is 29.8 Å². The molecule has 0 spiro atoms. The van der Waals surface area contributed by atoms with Gasteiger partial charge >= 0.3 is 0 Å². The van der Waals surface area contributed by atoms with E-state index in [2.05, 4.69) is 34.5 Å². The van der Waals surface area contributed by atoms with Crippen molar-refractivity contribution >= 4 is 5.69 Å². The molecule has 1 aromatic carbocycles. The molecular formula is C14H22N2O. The zero-order chi connectivity index (χ0) is 11.9. The predicted octanol–water partition coefficient (Wildman–Crippen LogP) is 1.76. The van der Waals surface area contributed by atoms with E-state index in [0.717, 1.165) is 45.4 Å². The summed E-state index contributed by atoms with van der Waals surface area (Å²) in [6.45, 7) is 4.52. The lowest BCUT2D eigenvalue weighted by atomic mass is 10.1. The number of hydrogen-bond acceptors (Lipinski definition) is 3. The number of nitrogens with one attached hydrogen (secondary N) is 1. The van der Waals surface area contributed by atoms with Crippen LogP contribution in [0.3, 0.4) is 0 Å². The Morgan fingerprint density at radius 3 is 2.94 bits per heavy atom. The third-order valence-electron chi connectivity index (χ3n) is 3.29. The van der Waals surface area contributed by atoms with E-state index in [1.165, 1.54) is 11.3 Å². The molecule has 0 unspecified atom stereocenters. The van der Waals surface area contributed by atoms with Crippen LogP contribution in [0.4, 0.5) is 5.69 Å². The van der Waals surface area contributed by atoms with Crippen LogP contribution in [0.1, 0.15) is 24.8 Å². The van der Waals surface area contributed by atoms with E-state index in [1.54, 1.807) is 0 Å². The number of benzene rings is 1. The summed E-state index contributed by atoms with van der Waals surface area (Å²) in [5, 5.41) is 12.2. The Hall–Kier alpha value is -1.06. The molecule has 3 heteroatoms. The lowest BCUT2D eigenvalue weighted by Crippen LogP contribution is -2.29. The topological polar surface area (TPSA) is 35.5 Å². The Morgan fingerprint density at radius 2 is 2.06 bits per heavy atom. The molecule has 0 aliphatic carbocycles. The Morgan fingerprint density at radius 1 is 1.18 bits per heavy atom. The minimum Gasteiger partial charge on any atom is -0.396 e. The van der Waals surface area contributed by atoms with E-state index in [0.29, 0.717) is 6.61 Å². The van der Waals surface area contributed by atoms with Gasteiger partial charge in [0.15, 0.2) is 0 Å². The van der Waals surface area contributed by atoms with E-state index >= 15 is 0 Å². The van der Waals surface area contributed by atoms with Crippen LogP contribution in [0, 0.1) is 0 Å². The van der Waals surface area contributed by atoms with Crippen molar-refractivity contribution < 1.29 is 5.11 Å². The Bertz CT molecular complexity index is 341. The molecular weight excluding hydrogens is 212 g/mol. The molecule has 2 rings (SSSR count). The number of nitrogens with zero attached hydrogens (tertiary/aromatic N) is 1. The molecule has 0 bridgehead atoms. The van der Waals surface area contributed by atoms with Crippen LogP contribution < -0.4 is 10.2 Å². The van der Waals surface area contributed by atoms with Crippen LogP contribution in [0.15, 0.2) is 24.3 Å². The second kappa shape index (κ2) is 6.62. The third kappa shape index (κ3) is 3.45. The highest BCUT2D eigenvalue weighted by Crippen LogP contribution is 2.22. The van der Waals surface area contributed by atoms with Crippen LogP contribution in [-0.4, -0.2) is 31.3 Å². The standard InChI is InChI=1S/C14H22N2O/c17-11-5-1-4-9-16-10-8-15-12-13-6-2-3-7-14(13)16/h2-3,6-7,15,17H,1,4-5,8-12H2. The number of hydrogen-bond donors (Lipinski definition) is 2. The molecule has 0 amide bonds. The SMILES string of the molecule is OCCCCCN1CCNCc2ccccc21. The third-order valence-corrected chi connectivity index (χ3v) is 3.29. The van der Waals surface area contributed by atoms with Gasteiger partial charge in [-0.05, 0) is 30.9 Å². The van der Waals surface area contributed by atoms with E-state index < -0.39 is 0 Å². The highest BCUT2D eigenvalue weighted by molar-refractivity contribution is 5.54. The van der Waals surface area contributed by atoms with Gasteiger partial charge in [-0.2, -0.15) is 0 Å². The van der Waals surface area contributed by atoms with Crippen LogP contribution in [0.5, 0.6) is 0 Å².